The number of para-hydroxylation sites is 1. The van der Waals surface area contributed by atoms with E-state index in [1.54, 1.807) is 24.3 Å². The molecule has 1 aromatic heterocycles. The van der Waals surface area contributed by atoms with Gasteiger partial charge in [-0.3, -0.25) is 0 Å². The molecule has 0 amide bonds. The zero-order valence-corrected chi connectivity index (χ0v) is 13.1. The third kappa shape index (κ3) is 3.15. The molecule has 0 aliphatic rings. The van der Waals surface area contributed by atoms with E-state index in [0.29, 0.717) is 10.2 Å². The zero-order valence-electron chi connectivity index (χ0n) is 11.4. The van der Waals surface area contributed by atoms with Crippen molar-refractivity contribution in [1.82, 2.24) is 4.98 Å². The standard InChI is InChI=1S/C14H14N2O3Se/c1-9(17)12-11(15-14(20-12)16(2)3)13(18)19-10-7-5-4-6-8-10/h4-8H,1-3H3. The van der Waals surface area contributed by atoms with E-state index in [2.05, 4.69) is 4.98 Å². The van der Waals surface area contributed by atoms with Gasteiger partial charge in [0.1, 0.15) is 0 Å². The van der Waals surface area contributed by atoms with Gasteiger partial charge >= 0.3 is 122 Å². The molecule has 0 saturated carbocycles. The summed E-state index contributed by atoms with van der Waals surface area (Å²) in [5.41, 5.74) is 0.130. The Morgan fingerprint density at radius 2 is 1.85 bits per heavy atom. The van der Waals surface area contributed by atoms with Gasteiger partial charge in [0.25, 0.3) is 0 Å². The Morgan fingerprint density at radius 3 is 2.40 bits per heavy atom. The minimum atomic E-state index is -0.583. The van der Waals surface area contributed by atoms with E-state index in [-0.39, 0.29) is 26.0 Å². The molecule has 2 aromatic rings. The molecule has 0 aliphatic carbocycles. The van der Waals surface area contributed by atoms with Crippen LogP contribution in [-0.2, 0) is 0 Å². The molecule has 0 aliphatic heterocycles. The summed E-state index contributed by atoms with van der Waals surface area (Å²) >= 11 is -0.250. The zero-order chi connectivity index (χ0) is 14.7. The van der Waals surface area contributed by atoms with Crippen molar-refractivity contribution in [2.24, 2.45) is 0 Å². The van der Waals surface area contributed by atoms with Crippen molar-refractivity contribution in [1.29, 1.82) is 0 Å². The normalized spacial score (nSPS) is 10.2. The molecule has 0 atom stereocenters. The van der Waals surface area contributed by atoms with Crippen LogP contribution in [-0.4, -0.2) is 45.3 Å². The molecule has 104 valence electrons. The summed E-state index contributed by atoms with van der Waals surface area (Å²) in [7, 11) is 3.67. The van der Waals surface area contributed by atoms with Crippen LogP contribution in [0.5, 0.6) is 5.75 Å². The van der Waals surface area contributed by atoms with Gasteiger partial charge in [0.15, 0.2) is 0 Å². The molecule has 2 rings (SSSR count). The van der Waals surface area contributed by atoms with Crippen molar-refractivity contribution in [2.75, 3.05) is 19.0 Å². The second kappa shape index (κ2) is 6.03. The summed E-state index contributed by atoms with van der Waals surface area (Å²) in [6, 6.07) is 8.75. The summed E-state index contributed by atoms with van der Waals surface area (Å²) in [4.78, 5) is 29.8. The van der Waals surface area contributed by atoms with E-state index in [9.17, 15) is 9.59 Å². The molecule has 20 heavy (non-hydrogen) atoms. The molecular formula is C14H14N2O3Se. The number of benzene rings is 1. The number of Topliss-reactive ketones (excluding diaryl/α,β-unsaturated/α-hetero) is 1. The van der Waals surface area contributed by atoms with Crippen molar-refractivity contribution < 1.29 is 14.3 Å². The van der Waals surface area contributed by atoms with E-state index in [1.165, 1.54) is 6.92 Å². The molecule has 5 nitrogen and oxygen atoms in total. The van der Waals surface area contributed by atoms with Gasteiger partial charge in [-0.25, -0.2) is 0 Å². The van der Waals surface area contributed by atoms with Crippen molar-refractivity contribution in [3.8, 4) is 5.75 Å². The molecular weight excluding hydrogens is 323 g/mol. The van der Waals surface area contributed by atoms with Gasteiger partial charge in [0.05, 0.1) is 0 Å². The van der Waals surface area contributed by atoms with Gasteiger partial charge in [0, 0.05) is 0 Å². The molecule has 0 unspecified atom stereocenters. The number of esters is 1. The second-order valence-electron chi connectivity index (χ2n) is 4.33. The van der Waals surface area contributed by atoms with Crippen LogP contribution in [0, 0.1) is 0 Å². The Morgan fingerprint density at radius 1 is 1.20 bits per heavy atom. The maximum absolute atomic E-state index is 12.1. The minimum absolute atomic E-state index is 0.130. The first-order valence-corrected chi connectivity index (χ1v) is 7.66. The molecule has 6 heteroatoms. The van der Waals surface area contributed by atoms with E-state index in [1.807, 2.05) is 25.1 Å². The van der Waals surface area contributed by atoms with Gasteiger partial charge < -0.3 is 0 Å². The number of hydrogen-bond donors (Lipinski definition) is 0. The van der Waals surface area contributed by atoms with E-state index in [4.69, 9.17) is 4.74 Å². The summed E-state index contributed by atoms with van der Waals surface area (Å²) in [6.07, 6.45) is 0. The van der Waals surface area contributed by atoms with Gasteiger partial charge in [-0.05, 0) is 0 Å². The Balaban J connectivity index is 2.31. The van der Waals surface area contributed by atoms with Gasteiger partial charge in [-0.15, -0.1) is 0 Å². The number of anilines is 1. The van der Waals surface area contributed by atoms with Crippen molar-refractivity contribution >= 4 is 30.9 Å². The van der Waals surface area contributed by atoms with Gasteiger partial charge in [-0.2, -0.15) is 0 Å². The van der Waals surface area contributed by atoms with Crippen molar-refractivity contribution in [3.63, 3.8) is 0 Å². The second-order valence-corrected chi connectivity index (χ2v) is 6.38. The van der Waals surface area contributed by atoms with Crippen LogP contribution < -0.4 is 9.64 Å². The van der Waals surface area contributed by atoms with Crippen molar-refractivity contribution in [3.05, 3.63) is 40.5 Å². The van der Waals surface area contributed by atoms with Gasteiger partial charge in [0.2, 0.25) is 0 Å². The summed E-state index contributed by atoms with van der Waals surface area (Å²) in [5.74, 6) is -0.278. The number of carbonyl (C=O) groups is 2. The van der Waals surface area contributed by atoms with Crippen LogP contribution in [0.3, 0.4) is 0 Å². The molecule has 0 spiro atoms. The first kappa shape index (κ1) is 14.5. The van der Waals surface area contributed by atoms with E-state index in [0.717, 1.165) is 4.69 Å². The third-order valence-corrected chi connectivity index (χ3v) is 5.24. The number of nitrogens with zero attached hydrogens (tertiary/aromatic N) is 2. The summed E-state index contributed by atoms with van der Waals surface area (Å²) in [5, 5.41) is 0. The number of rotatable bonds is 4. The molecule has 0 saturated heterocycles. The van der Waals surface area contributed by atoms with Crippen LogP contribution in [0.25, 0.3) is 0 Å². The maximum atomic E-state index is 12.1. The first-order chi connectivity index (χ1) is 9.49. The number of aromatic nitrogens is 1. The monoisotopic (exact) mass is 338 g/mol. The summed E-state index contributed by atoms with van der Waals surface area (Å²) < 4.78 is 6.44. The van der Waals surface area contributed by atoms with E-state index < -0.39 is 5.97 Å². The fraction of sp³-hybridized carbons (Fsp3) is 0.214. The molecule has 0 N–H and O–H groups in total. The molecule has 0 bridgehead atoms. The van der Waals surface area contributed by atoms with Crippen LogP contribution in [0.15, 0.2) is 30.3 Å². The van der Waals surface area contributed by atoms with Crippen LogP contribution in [0.2, 0.25) is 0 Å². The van der Waals surface area contributed by atoms with Crippen LogP contribution >= 0.6 is 0 Å². The topological polar surface area (TPSA) is 59.5 Å². The van der Waals surface area contributed by atoms with E-state index >= 15 is 0 Å². The SMILES string of the molecule is CC(=O)c1[se]c(N(C)C)nc1C(=O)Oc1ccccc1. The Hall–Kier alpha value is -1.91. The first-order valence-electron chi connectivity index (χ1n) is 5.95. The quantitative estimate of drug-likeness (QED) is 0.367. The fourth-order valence-corrected chi connectivity index (χ4v) is 3.35. The Labute approximate surface area is 122 Å². The predicted octanol–water partition coefficient (Wildman–Crippen LogP) is 1.63. The Bertz CT molecular complexity index is 635. The van der Waals surface area contributed by atoms with Crippen LogP contribution in [0.4, 0.5) is 4.69 Å². The summed E-state index contributed by atoms with van der Waals surface area (Å²) in [6.45, 7) is 1.45. The number of ether oxygens (including phenoxy) is 1. The predicted molar refractivity (Wildman–Crippen MR) is 76.9 cm³/mol. The number of hydrogen-bond acceptors (Lipinski definition) is 5. The Kier molecular flexibility index (Phi) is 4.37. The molecule has 1 aromatic carbocycles. The fourth-order valence-electron chi connectivity index (χ4n) is 1.52. The third-order valence-electron chi connectivity index (χ3n) is 2.47. The molecule has 0 fully saturated rings. The van der Waals surface area contributed by atoms with Gasteiger partial charge in [-0.1, -0.05) is 0 Å². The average molecular weight is 337 g/mol. The average Bonchev–Trinajstić information content (AvgIpc) is 2.85. The number of ketones is 1. The van der Waals surface area contributed by atoms with Crippen LogP contribution in [0.1, 0.15) is 26.6 Å². The molecule has 0 radical (unpaired) electrons. The number of carbonyl (C=O) groups excluding carboxylic acids is 2. The van der Waals surface area contributed by atoms with Crippen molar-refractivity contribution in [2.45, 2.75) is 6.92 Å². The molecule has 1 heterocycles.